The molecule has 1 amide bonds. The Morgan fingerprint density at radius 1 is 1.52 bits per heavy atom. The van der Waals surface area contributed by atoms with E-state index in [9.17, 15) is 19.7 Å². The minimum absolute atomic E-state index is 0.281. The van der Waals surface area contributed by atoms with E-state index in [-0.39, 0.29) is 12.5 Å². The van der Waals surface area contributed by atoms with Crippen LogP contribution >= 0.6 is 0 Å². The first-order valence-corrected chi connectivity index (χ1v) is 6.31. The van der Waals surface area contributed by atoms with Gasteiger partial charge in [0.25, 0.3) is 5.96 Å². The lowest BCUT2D eigenvalue weighted by Crippen LogP contribution is -2.40. The predicted molar refractivity (Wildman–Crippen MR) is 75.1 cm³/mol. The molecule has 21 heavy (non-hydrogen) atoms. The average Bonchev–Trinajstić information content (AvgIpc) is 2.29. The second-order valence-corrected chi connectivity index (χ2v) is 5.18. The smallest absolute Gasteiger partial charge is 0.408 e. The summed E-state index contributed by atoms with van der Waals surface area (Å²) in [6, 6.07) is -0.699. The lowest BCUT2D eigenvalue weighted by atomic mass is 10.2. The molecule has 0 radical (unpaired) electrons. The van der Waals surface area contributed by atoms with Gasteiger partial charge < -0.3 is 25.9 Å². The van der Waals surface area contributed by atoms with Gasteiger partial charge in [0.15, 0.2) is 5.03 Å². The minimum Gasteiger partial charge on any atom is -0.444 e. The van der Waals surface area contributed by atoms with Gasteiger partial charge in [-0.1, -0.05) is 0 Å². The lowest BCUT2D eigenvalue weighted by molar-refractivity contribution is -0.485. The van der Waals surface area contributed by atoms with Crippen molar-refractivity contribution in [3.8, 4) is 0 Å². The SMILES string of the molecule is CC(C)(C)OC(=O)N[C@H](C=O)CCCNC(N)=N[N+](=O)[O-]. The number of ether oxygens (including phenoxy) is 1. The normalized spacial score (nSPS) is 13.2. The standard InChI is InChI=1S/C11H21N5O5/c1-11(2,3)21-10(18)14-8(7-17)5-4-6-13-9(12)15-16(19)20/h7-8H,4-6H2,1-3H3,(H,14,18)(H3,12,13,15)/t8-/m0/s1. The van der Waals surface area contributed by atoms with Crippen LogP contribution in [0.5, 0.6) is 0 Å². The van der Waals surface area contributed by atoms with Gasteiger partial charge >= 0.3 is 6.09 Å². The first kappa shape index (κ1) is 18.6. The number of nitrogens with zero attached hydrogens (tertiary/aromatic N) is 2. The number of nitrogens with two attached hydrogens (primary N) is 1. The van der Waals surface area contributed by atoms with Crippen LogP contribution < -0.4 is 16.4 Å². The topological polar surface area (TPSA) is 149 Å². The summed E-state index contributed by atoms with van der Waals surface area (Å²) in [5.41, 5.74) is 4.57. The number of nitro groups is 1. The van der Waals surface area contributed by atoms with E-state index < -0.39 is 22.8 Å². The van der Waals surface area contributed by atoms with Gasteiger partial charge in [-0.05, 0) is 33.6 Å². The van der Waals surface area contributed by atoms with Crippen molar-refractivity contribution < 1.29 is 19.4 Å². The highest BCUT2D eigenvalue weighted by molar-refractivity contribution is 5.77. The molecular formula is C11H21N5O5. The second-order valence-electron chi connectivity index (χ2n) is 5.18. The molecule has 4 N–H and O–H groups in total. The Morgan fingerprint density at radius 3 is 2.62 bits per heavy atom. The van der Waals surface area contributed by atoms with Crippen molar-refractivity contribution in [1.82, 2.24) is 10.6 Å². The van der Waals surface area contributed by atoms with Crippen LogP contribution in [0.25, 0.3) is 0 Å². The van der Waals surface area contributed by atoms with Crippen molar-refractivity contribution in [2.75, 3.05) is 6.54 Å². The number of carbonyl (C=O) groups excluding carboxylic acids is 2. The summed E-state index contributed by atoms with van der Waals surface area (Å²) >= 11 is 0. The minimum atomic E-state index is -0.916. The Kier molecular flexibility index (Phi) is 7.72. The Hall–Kier alpha value is -2.39. The molecule has 0 aromatic carbocycles. The van der Waals surface area contributed by atoms with Gasteiger partial charge in [0.1, 0.15) is 17.0 Å². The van der Waals surface area contributed by atoms with E-state index >= 15 is 0 Å². The Bertz CT molecular complexity index is 404. The first-order chi connectivity index (χ1) is 9.64. The van der Waals surface area contributed by atoms with Gasteiger partial charge in [-0.15, -0.1) is 0 Å². The zero-order valence-corrected chi connectivity index (χ0v) is 12.3. The number of hydrogen-bond acceptors (Lipinski definition) is 5. The number of alkyl carbamates (subject to hydrolysis) is 1. The Labute approximate surface area is 122 Å². The Balaban J connectivity index is 4.04. The lowest BCUT2D eigenvalue weighted by Gasteiger charge is -2.21. The van der Waals surface area contributed by atoms with Crippen molar-refractivity contribution in [3.63, 3.8) is 0 Å². The van der Waals surface area contributed by atoms with E-state index in [2.05, 4.69) is 15.7 Å². The highest BCUT2D eigenvalue weighted by atomic mass is 16.7. The second kappa shape index (κ2) is 8.72. The quantitative estimate of drug-likeness (QED) is 0.149. The molecule has 0 saturated heterocycles. The summed E-state index contributed by atoms with van der Waals surface area (Å²) in [4.78, 5) is 32.3. The summed E-state index contributed by atoms with van der Waals surface area (Å²) < 4.78 is 5.02. The van der Waals surface area contributed by atoms with Crippen molar-refractivity contribution in [3.05, 3.63) is 10.1 Å². The van der Waals surface area contributed by atoms with E-state index in [1.807, 2.05) is 0 Å². The third-order valence-corrected chi connectivity index (χ3v) is 2.05. The van der Waals surface area contributed by atoms with Gasteiger partial charge in [-0.2, -0.15) is 0 Å². The maximum atomic E-state index is 11.5. The maximum absolute atomic E-state index is 11.5. The van der Waals surface area contributed by atoms with E-state index in [0.29, 0.717) is 19.1 Å². The van der Waals surface area contributed by atoms with Gasteiger partial charge in [0.05, 0.1) is 6.04 Å². The number of nitrogens with one attached hydrogen (secondary N) is 2. The fourth-order valence-corrected chi connectivity index (χ4v) is 1.29. The van der Waals surface area contributed by atoms with E-state index in [1.165, 1.54) is 0 Å². The molecule has 0 aliphatic carbocycles. The number of rotatable bonds is 7. The summed E-state index contributed by atoms with van der Waals surface area (Å²) in [5, 5.41) is 16.9. The molecule has 0 spiro atoms. The molecule has 0 aromatic rings. The molecule has 0 unspecified atom stereocenters. The number of guanidine groups is 1. The summed E-state index contributed by atoms with van der Waals surface area (Å²) in [6.45, 7) is 5.42. The molecule has 0 bridgehead atoms. The fraction of sp³-hybridized carbons (Fsp3) is 0.727. The molecule has 0 heterocycles. The largest absolute Gasteiger partial charge is 0.444 e. The van der Waals surface area contributed by atoms with Crippen LogP contribution in [0, 0.1) is 10.1 Å². The van der Waals surface area contributed by atoms with Crippen LogP contribution in [-0.2, 0) is 9.53 Å². The summed E-state index contributed by atoms with van der Waals surface area (Å²) in [5.74, 6) is -0.317. The Morgan fingerprint density at radius 2 is 2.14 bits per heavy atom. The number of carbonyl (C=O) groups is 2. The number of hydrogen-bond donors (Lipinski definition) is 3. The molecule has 0 fully saturated rings. The molecule has 120 valence electrons. The zero-order valence-electron chi connectivity index (χ0n) is 12.3. The summed E-state index contributed by atoms with van der Waals surface area (Å²) in [6.07, 6.45) is 0.703. The van der Waals surface area contributed by atoms with Gasteiger partial charge in [-0.25, -0.2) is 14.9 Å². The summed E-state index contributed by atoms with van der Waals surface area (Å²) in [7, 11) is 0. The van der Waals surface area contributed by atoms with Crippen LogP contribution in [0.3, 0.4) is 0 Å². The molecule has 0 rings (SSSR count). The fourth-order valence-electron chi connectivity index (χ4n) is 1.29. The predicted octanol–water partition coefficient (Wildman–Crippen LogP) is -0.0452. The molecule has 0 aliphatic heterocycles. The molecule has 10 heteroatoms. The highest BCUT2D eigenvalue weighted by Gasteiger charge is 2.18. The van der Waals surface area contributed by atoms with Gasteiger partial charge in [0, 0.05) is 6.54 Å². The van der Waals surface area contributed by atoms with Crippen molar-refractivity contribution >= 4 is 18.3 Å². The van der Waals surface area contributed by atoms with Crippen molar-refractivity contribution in [2.45, 2.75) is 45.3 Å². The number of aldehydes is 1. The van der Waals surface area contributed by atoms with Crippen LogP contribution in [0.2, 0.25) is 0 Å². The van der Waals surface area contributed by atoms with Crippen molar-refractivity contribution in [1.29, 1.82) is 0 Å². The van der Waals surface area contributed by atoms with E-state index in [4.69, 9.17) is 10.5 Å². The molecular weight excluding hydrogens is 282 g/mol. The van der Waals surface area contributed by atoms with Crippen molar-refractivity contribution in [2.24, 2.45) is 10.8 Å². The van der Waals surface area contributed by atoms with Crippen LogP contribution in [0.1, 0.15) is 33.6 Å². The van der Waals surface area contributed by atoms with E-state index in [1.54, 1.807) is 20.8 Å². The van der Waals surface area contributed by atoms with Gasteiger partial charge in [0.2, 0.25) is 0 Å². The highest BCUT2D eigenvalue weighted by Crippen LogP contribution is 2.07. The molecule has 1 atom stereocenters. The van der Waals surface area contributed by atoms with Gasteiger partial charge in [-0.3, -0.25) is 0 Å². The third-order valence-electron chi connectivity index (χ3n) is 2.05. The zero-order chi connectivity index (χ0) is 16.5. The van der Waals surface area contributed by atoms with Crippen LogP contribution in [-0.4, -0.2) is 41.6 Å². The van der Waals surface area contributed by atoms with Crippen LogP contribution in [0.4, 0.5) is 4.79 Å². The average molecular weight is 303 g/mol. The van der Waals surface area contributed by atoms with E-state index in [0.717, 1.165) is 0 Å². The molecule has 0 aliphatic rings. The molecule has 0 aromatic heterocycles. The third kappa shape index (κ3) is 11.2. The molecule has 0 saturated carbocycles. The molecule has 10 nitrogen and oxygen atoms in total. The van der Waals surface area contributed by atoms with Crippen LogP contribution in [0.15, 0.2) is 5.10 Å². The number of hydrazone groups is 1. The maximum Gasteiger partial charge on any atom is 0.408 e. The monoisotopic (exact) mass is 303 g/mol. The first-order valence-electron chi connectivity index (χ1n) is 6.31. The number of amides is 1.